The van der Waals surface area contributed by atoms with Crippen LogP contribution in [0.3, 0.4) is 0 Å². The van der Waals surface area contributed by atoms with Crippen molar-refractivity contribution in [3.63, 3.8) is 0 Å². The average molecular weight is 274 g/mol. The Bertz CT molecular complexity index is 470. The number of rotatable bonds is 1. The van der Waals surface area contributed by atoms with Crippen LogP contribution >= 0.6 is 27.5 Å². The zero-order chi connectivity index (χ0) is 10.1. The number of halogens is 2. The molecule has 1 aromatic heterocycles. The van der Waals surface area contributed by atoms with Crippen molar-refractivity contribution >= 4 is 27.5 Å². The molecule has 0 aliphatic heterocycles. The Morgan fingerprint density at radius 1 is 1.36 bits per heavy atom. The van der Waals surface area contributed by atoms with Crippen molar-refractivity contribution in [2.75, 3.05) is 0 Å². The SMILES string of the molecule is Cc1c(Br)cccc1-c1nnc(Cl)o1. The lowest BCUT2D eigenvalue weighted by atomic mass is 10.1. The maximum atomic E-state index is 5.55. The summed E-state index contributed by atoms with van der Waals surface area (Å²) in [6.45, 7) is 1.97. The van der Waals surface area contributed by atoms with E-state index in [1.165, 1.54) is 0 Å². The summed E-state index contributed by atoms with van der Waals surface area (Å²) < 4.78 is 6.13. The number of hydrogen-bond acceptors (Lipinski definition) is 3. The van der Waals surface area contributed by atoms with E-state index in [1.54, 1.807) is 0 Å². The van der Waals surface area contributed by atoms with E-state index in [-0.39, 0.29) is 5.35 Å². The standard InChI is InChI=1S/C9H6BrClN2O/c1-5-6(3-2-4-7(5)10)8-12-13-9(11)14-8/h2-4H,1H3. The summed E-state index contributed by atoms with van der Waals surface area (Å²) in [5.74, 6) is 0.439. The molecular formula is C9H6BrClN2O. The Hall–Kier alpha value is -0.870. The first-order chi connectivity index (χ1) is 6.68. The zero-order valence-electron chi connectivity index (χ0n) is 7.29. The first-order valence-corrected chi connectivity index (χ1v) is 5.10. The highest BCUT2D eigenvalue weighted by Gasteiger charge is 2.10. The molecule has 0 atom stereocenters. The molecule has 14 heavy (non-hydrogen) atoms. The van der Waals surface area contributed by atoms with Gasteiger partial charge in [-0.1, -0.05) is 27.1 Å². The molecule has 0 aliphatic rings. The zero-order valence-corrected chi connectivity index (χ0v) is 9.63. The van der Waals surface area contributed by atoms with Crippen LogP contribution in [0.15, 0.2) is 27.1 Å². The third-order valence-corrected chi connectivity index (χ3v) is 2.91. The van der Waals surface area contributed by atoms with Gasteiger partial charge in [0.1, 0.15) is 0 Å². The van der Waals surface area contributed by atoms with E-state index in [4.69, 9.17) is 16.0 Å². The van der Waals surface area contributed by atoms with Crippen LogP contribution in [0.4, 0.5) is 0 Å². The quantitative estimate of drug-likeness (QED) is 0.798. The maximum absolute atomic E-state index is 5.55. The lowest BCUT2D eigenvalue weighted by molar-refractivity contribution is 0.570. The van der Waals surface area contributed by atoms with Crippen molar-refractivity contribution < 1.29 is 4.42 Å². The summed E-state index contributed by atoms with van der Waals surface area (Å²) in [4.78, 5) is 0. The van der Waals surface area contributed by atoms with Gasteiger partial charge in [-0.25, -0.2) is 0 Å². The van der Waals surface area contributed by atoms with Gasteiger partial charge < -0.3 is 4.42 Å². The fraction of sp³-hybridized carbons (Fsp3) is 0.111. The lowest BCUT2D eigenvalue weighted by Gasteiger charge is -2.01. The van der Waals surface area contributed by atoms with Gasteiger partial charge >= 0.3 is 5.35 Å². The van der Waals surface area contributed by atoms with Gasteiger partial charge in [-0.05, 0) is 36.2 Å². The molecule has 0 amide bonds. The number of nitrogens with zero attached hydrogens (tertiary/aromatic N) is 2. The minimum absolute atomic E-state index is 0.0550. The van der Waals surface area contributed by atoms with Gasteiger partial charge in [-0.3, -0.25) is 0 Å². The van der Waals surface area contributed by atoms with Crippen LogP contribution in [0.1, 0.15) is 5.56 Å². The molecule has 5 heteroatoms. The predicted molar refractivity (Wildman–Crippen MR) is 57.2 cm³/mol. The molecule has 2 aromatic rings. The van der Waals surface area contributed by atoms with E-state index >= 15 is 0 Å². The van der Waals surface area contributed by atoms with Crippen LogP contribution in [0.25, 0.3) is 11.5 Å². The van der Waals surface area contributed by atoms with Crippen molar-refractivity contribution in [2.24, 2.45) is 0 Å². The molecule has 0 N–H and O–H groups in total. The van der Waals surface area contributed by atoms with E-state index in [1.807, 2.05) is 25.1 Å². The predicted octanol–water partition coefficient (Wildman–Crippen LogP) is 3.46. The first-order valence-electron chi connectivity index (χ1n) is 3.93. The second kappa shape index (κ2) is 3.71. The molecule has 1 heterocycles. The minimum Gasteiger partial charge on any atom is -0.407 e. The summed E-state index contributed by atoms with van der Waals surface area (Å²) in [7, 11) is 0. The van der Waals surface area contributed by atoms with Gasteiger partial charge in [-0.15, -0.1) is 5.10 Å². The largest absolute Gasteiger partial charge is 0.407 e. The summed E-state index contributed by atoms with van der Waals surface area (Å²) in [5.41, 5.74) is 1.94. The minimum atomic E-state index is 0.0550. The van der Waals surface area contributed by atoms with Crippen LogP contribution in [-0.2, 0) is 0 Å². The maximum Gasteiger partial charge on any atom is 0.313 e. The molecule has 0 unspecified atom stereocenters. The highest BCUT2D eigenvalue weighted by Crippen LogP contribution is 2.28. The van der Waals surface area contributed by atoms with Crippen LogP contribution in [0.2, 0.25) is 5.35 Å². The van der Waals surface area contributed by atoms with E-state index in [9.17, 15) is 0 Å². The Morgan fingerprint density at radius 2 is 2.14 bits per heavy atom. The van der Waals surface area contributed by atoms with Crippen LogP contribution in [0, 0.1) is 6.92 Å². The molecule has 0 saturated heterocycles. The molecule has 0 radical (unpaired) electrons. The van der Waals surface area contributed by atoms with E-state index in [0.717, 1.165) is 15.6 Å². The molecule has 1 aromatic carbocycles. The van der Waals surface area contributed by atoms with Crippen molar-refractivity contribution in [3.8, 4) is 11.5 Å². The van der Waals surface area contributed by atoms with Gasteiger partial charge in [0.05, 0.1) is 0 Å². The molecule has 3 nitrogen and oxygen atoms in total. The number of hydrogen-bond donors (Lipinski definition) is 0. The van der Waals surface area contributed by atoms with Gasteiger partial charge in [-0.2, -0.15) is 0 Å². The molecular weight excluding hydrogens is 267 g/mol. The Balaban J connectivity index is 2.57. The Morgan fingerprint density at radius 3 is 2.79 bits per heavy atom. The summed E-state index contributed by atoms with van der Waals surface area (Å²) in [5, 5.41) is 7.47. The third-order valence-electron chi connectivity index (χ3n) is 1.90. The van der Waals surface area contributed by atoms with Crippen molar-refractivity contribution in [1.29, 1.82) is 0 Å². The van der Waals surface area contributed by atoms with Crippen molar-refractivity contribution in [3.05, 3.63) is 33.6 Å². The smallest absolute Gasteiger partial charge is 0.313 e. The summed E-state index contributed by atoms with van der Waals surface area (Å²) >= 11 is 8.98. The average Bonchev–Trinajstić information content (AvgIpc) is 2.57. The van der Waals surface area contributed by atoms with Gasteiger partial charge in [0.2, 0.25) is 5.89 Å². The first kappa shape index (κ1) is 9.68. The molecule has 0 bridgehead atoms. The van der Waals surface area contributed by atoms with Gasteiger partial charge in [0.25, 0.3) is 0 Å². The number of aromatic nitrogens is 2. The molecule has 0 saturated carbocycles. The van der Waals surface area contributed by atoms with E-state index in [2.05, 4.69) is 26.1 Å². The lowest BCUT2D eigenvalue weighted by Crippen LogP contribution is -1.84. The van der Waals surface area contributed by atoms with Gasteiger partial charge in [0.15, 0.2) is 0 Å². The van der Waals surface area contributed by atoms with Crippen LogP contribution in [0.5, 0.6) is 0 Å². The monoisotopic (exact) mass is 272 g/mol. The van der Waals surface area contributed by atoms with Crippen molar-refractivity contribution in [1.82, 2.24) is 10.2 Å². The van der Waals surface area contributed by atoms with E-state index < -0.39 is 0 Å². The fourth-order valence-corrected chi connectivity index (χ4v) is 1.63. The molecule has 2 rings (SSSR count). The Labute approximate surface area is 94.2 Å². The molecule has 72 valence electrons. The second-order valence-electron chi connectivity index (χ2n) is 2.77. The summed E-state index contributed by atoms with van der Waals surface area (Å²) in [6, 6.07) is 5.77. The fourth-order valence-electron chi connectivity index (χ4n) is 1.15. The topological polar surface area (TPSA) is 38.9 Å². The van der Waals surface area contributed by atoms with Crippen LogP contribution in [-0.4, -0.2) is 10.2 Å². The van der Waals surface area contributed by atoms with Crippen LogP contribution < -0.4 is 0 Å². The molecule has 0 aliphatic carbocycles. The van der Waals surface area contributed by atoms with Crippen molar-refractivity contribution in [2.45, 2.75) is 6.92 Å². The second-order valence-corrected chi connectivity index (χ2v) is 3.95. The summed E-state index contributed by atoms with van der Waals surface area (Å²) in [6.07, 6.45) is 0. The molecule has 0 fully saturated rings. The van der Waals surface area contributed by atoms with E-state index in [0.29, 0.717) is 5.89 Å². The molecule has 0 spiro atoms. The Kier molecular flexibility index (Phi) is 2.56. The number of benzene rings is 1. The highest BCUT2D eigenvalue weighted by atomic mass is 79.9. The normalized spacial score (nSPS) is 10.5. The third kappa shape index (κ3) is 1.67. The van der Waals surface area contributed by atoms with Gasteiger partial charge in [0, 0.05) is 10.0 Å². The highest BCUT2D eigenvalue weighted by molar-refractivity contribution is 9.10.